The fourth-order valence-corrected chi connectivity index (χ4v) is 5.83. The van der Waals surface area contributed by atoms with E-state index < -0.39 is 60.6 Å². The zero-order valence-electron chi connectivity index (χ0n) is 18.6. The Morgan fingerprint density at radius 3 is 2.03 bits per heavy atom. The van der Waals surface area contributed by atoms with Crippen molar-refractivity contribution in [3.63, 3.8) is 0 Å². The Labute approximate surface area is 192 Å². The quantitative estimate of drug-likeness (QED) is 0.173. The number of carbonyl (C=O) groups excluding carboxylic acids is 2. The summed E-state index contributed by atoms with van der Waals surface area (Å²) in [6.07, 6.45) is -6.67. The highest BCUT2D eigenvalue weighted by Crippen LogP contribution is 2.60. The zero-order valence-corrected chi connectivity index (χ0v) is 18.6. The Bertz CT molecular complexity index is 809. The second-order valence-corrected chi connectivity index (χ2v) is 9.98. The van der Waals surface area contributed by atoms with E-state index in [1.165, 1.54) is 0 Å². The van der Waals surface area contributed by atoms with Gasteiger partial charge in [-0.1, -0.05) is 6.58 Å². The molecule has 4 bridgehead atoms. The number of hydrogen-bond donors (Lipinski definition) is 0. The summed E-state index contributed by atoms with van der Waals surface area (Å²) in [4.78, 5) is 23.7. The molecule has 4 fully saturated rings. The molecule has 0 radical (unpaired) electrons. The molecule has 4 aliphatic carbocycles. The summed E-state index contributed by atoms with van der Waals surface area (Å²) >= 11 is 0. The Hall–Kier alpha value is -1.85. The smallest absolute Gasteiger partial charge is 0.453 e. The summed E-state index contributed by atoms with van der Waals surface area (Å²) in [6, 6.07) is 0. The highest BCUT2D eigenvalue weighted by Gasteiger charge is 2.62. The van der Waals surface area contributed by atoms with Crippen LogP contribution in [0.2, 0.25) is 0 Å². The van der Waals surface area contributed by atoms with Gasteiger partial charge in [0.05, 0.1) is 18.6 Å². The van der Waals surface area contributed by atoms with Crippen molar-refractivity contribution < 1.29 is 54.5 Å². The molecule has 5 nitrogen and oxygen atoms in total. The number of ether oxygens (including phenoxy) is 3. The molecule has 4 saturated carbocycles. The minimum Gasteiger partial charge on any atom is -0.463 e. The van der Waals surface area contributed by atoms with Gasteiger partial charge < -0.3 is 14.2 Å². The van der Waals surface area contributed by atoms with Crippen LogP contribution < -0.4 is 0 Å². The van der Waals surface area contributed by atoms with Gasteiger partial charge in [0.1, 0.15) is 18.6 Å². The van der Waals surface area contributed by atoms with E-state index >= 15 is 0 Å². The molecule has 2 atom stereocenters. The van der Waals surface area contributed by atoms with Gasteiger partial charge in [0.25, 0.3) is 5.92 Å². The van der Waals surface area contributed by atoms with Crippen molar-refractivity contribution in [2.45, 2.75) is 87.5 Å². The largest absolute Gasteiger partial charge is 0.463 e. The summed E-state index contributed by atoms with van der Waals surface area (Å²) in [7, 11) is 0. The maximum atomic E-state index is 13.6. The van der Waals surface area contributed by atoms with Crippen LogP contribution in [0.1, 0.15) is 58.3 Å². The lowest BCUT2D eigenvalue weighted by atomic mass is 9.52. The number of halogens is 7. The Morgan fingerprint density at radius 2 is 1.50 bits per heavy atom. The molecule has 0 amide bonds. The Morgan fingerprint density at radius 1 is 0.941 bits per heavy atom. The van der Waals surface area contributed by atoms with Crippen LogP contribution in [0.25, 0.3) is 0 Å². The molecule has 4 rings (SSSR count). The first kappa shape index (κ1) is 26.7. The van der Waals surface area contributed by atoms with Crippen molar-refractivity contribution in [2.24, 2.45) is 11.8 Å². The first-order chi connectivity index (χ1) is 15.5. The third-order valence-corrected chi connectivity index (χ3v) is 6.66. The molecule has 2 unspecified atom stereocenters. The van der Waals surface area contributed by atoms with Crippen molar-refractivity contribution >= 4 is 11.9 Å². The van der Waals surface area contributed by atoms with Crippen LogP contribution in [-0.2, 0) is 23.8 Å². The lowest BCUT2D eigenvalue weighted by Gasteiger charge is -2.60. The first-order valence-corrected chi connectivity index (χ1v) is 11.0. The molecule has 34 heavy (non-hydrogen) atoms. The van der Waals surface area contributed by atoms with Crippen LogP contribution >= 0.6 is 0 Å². The molecule has 12 heteroatoms. The monoisotopic (exact) mass is 504 g/mol. The lowest BCUT2D eigenvalue weighted by molar-refractivity contribution is -0.300. The van der Waals surface area contributed by atoms with Crippen LogP contribution in [0.5, 0.6) is 0 Å². The number of esters is 2. The number of rotatable bonds is 10. The molecular weight excluding hydrogens is 477 g/mol. The van der Waals surface area contributed by atoms with Gasteiger partial charge >= 0.3 is 24.0 Å². The van der Waals surface area contributed by atoms with Gasteiger partial charge in [0, 0.05) is 12.0 Å². The van der Waals surface area contributed by atoms with Gasteiger partial charge in [-0.25, -0.2) is 13.6 Å². The van der Waals surface area contributed by atoms with E-state index in [1.807, 2.05) is 0 Å². The van der Waals surface area contributed by atoms with Gasteiger partial charge in [0.15, 0.2) is 0 Å². The molecule has 0 aromatic rings. The van der Waals surface area contributed by atoms with Gasteiger partial charge in [0.2, 0.25) is 0 Å². The summed E-state index contributed by atoms with van der Waals surface area (Å²) in [5, 5.41) is 0. The molecule has 0 heterocycles. The molecule has 0 aromatic carbocycles. The maximum Gasteiger partial charge on any atom is 0.453 e. The minimum absolute atomic E-state index is 0.181. The van der Waals surface area contributed by atoms with Crippen molar-refractivity contribution in [3.05, 3.63) is 12.2 Å². The normalized spacial score (nSPS) is 30.8. The van der Waals surface area contributed by atoms with E-state index in [0.29, 0.717) is 32.1 Å². The number of hydrogen-bond acceptors (Lipinski definition) is 5. The van der Waals surface area contributed by atoms with Gasteiger partial charge in [-0.15, -0.1) is 0 Å². The SMILES string of the molecule is C=C(C)C(=O)OC12CC3CC(CC(OCCOC(=O)CC(F)(F)CC(F)(F)C(F)(F)F)(C3)C1)C2. The van der Waals surface area contributed by atoms with Crippen LogP contribution in [0, 0.1) is 11.8 Å². The molecule has 0 aromatic heterocycles. The van der Waals surface area contributed by atoms with Crippen LogP contribution in [-0.4, -0.2) is 54.4 Å². The van der Waals surface area contributed by atoms with Gasteiger partial charge in [-0.05, 0) is 50.9 Å². The molecule has 0 N–H and O–H groups in total. The van der Waals surface area contributed by atoms with Crippen LogP contribution in [0.3, 0.4) is 0 Å². The standard InChI is InChI=1S/C22H27F7O5/c1-13(2)17(31)34-19-8-14-5-15(9-19)7-18(6-14,11-19)33-4-3-32-16(30)10-20(23,24)12-21(25,26)22(27,28)29/h14-15H,1,3-12H2,2H3. The molecule has 0 saturated heterocycles. The maximum absolute atomic E-state index is 13.6. The average molecular weight is 504 g/mol. The molecule has 194 valence electrons. The van der Waals surface area contributed by atoms with Crippen LogP contribution in [0.15, 0.2) is 12.2 Å². The van der Waals surface area contributed by atoms with E-state index in [2.05, 4.69) is 11.3 Å². The van der Waals surface area contributed by atoms with Gasteiger partial charge in [-0.2, -0.15) is 22.0 Å². The molecule has 4 aliphatic rings. The topological polar surface area (TPSA) is 61.8 Å². The predicted molar refractivity (Wildman–Crippen MR) is 103 cm³/mol. The molecule has 0 spiro atoms. The summed E-state index contributed by atoms with van der Waals surface area (Å²) in [5.74, 6) is -11.8. The van der Waals surface area contributed by atoms with E-state index in [9.17, 15) is 40.3 Å². The fraction of sp³-hybridized carbons (Fsp3) is 0.818. The number of alkyl halides is 7. The molecule has 0 aliphatic heterocycles. The average Bonchev–Trinajstić information content (AvgIpc) is 2.61. The summed E-state index contributed by atoms with van der Waals surface area (Å²) in [6.45, 7) is 4.50. The first-order valence-electron chi connectivity index (χ1n) is 11.0. The third kappa shape index (κ3) is 6.04. The highest BCUT2D eigenvalue weighted by molar-refractivity contribution is 5.87. The summed E-state index contributed by atoms with van der Waals surface area (Å²) < 4.78 is 106. The second-order valence-electron chi connectivity index (χ2n) is 9.98. The third-order valence-electron chi connectivity index (χ3n) is 6.66. The van der Waals surface area contributed by atoms with Crippen molar-refractivity contribution in [2.75, 3.05) is 13.2 Å². The minimum atomic E-state index is -6.15. The van der Waals surface area contributed by atoms with Crippen molar-refractivity contribution in [3.8, 4) is 0 Å². The van der Waals surface area contributed by atoms with E-state index in [0.717, 1.165) is 6.42 Å². The van der Waals surface area contributed by atoms with Crippen molar-refractivity contribution in [1.82, 2.24) is 0 Å². The van der Waals surface area contributed by atoms with E-state index in [-0.39, 0.29) is 24.0 Å². The molecular formula is C22H27F7O5. The van der Waals surface area contributed by atoms with Crippen LogP contribution in [0.4, 0.5) is 30.7 Å². The van der Waals surface area contributed by atoms with Gasteiger partial charge in [-0.3, -0.25) is 4.79 Å². The Kier molecular flexibility index (Phi) is 7.07. The van der Waals surface area contributed by atoms with E-state index in [1.54, 1.807) is 6.92 Å². The highest BCUT2D eigenvalue weighted by atomic mass is 19.4. The second kappa shape index (κ2) is 8.98. The summed E-state index contributed by atoms with van der Waals surface area (Å²) in [5.41, 5.74) is -1.03. The Balaban J connectivity index is 1.49. The fourth-order valence-electron chi connectivity index (χ4n) is 5.83. The predicted octanol–water partition coefficient (Wildman–Crippen LogP) is 5.37. The van der Waals surface area contributed by atoms with E-state index in [4.69, 9.17) is 9.47 Å². The number of carbonyl (C=O) groups is 2. The lowest BCUT2D eigenvalue weighted by Crippen LogP contribution is -2.61. The van der Waals surface area contributed by atoms with Crippen molar-refractivity contribution in [1.29, 1.82) is 0 Å². The zero-order chi connectivity index (χ0) is 25.6.